The van der Waals surface area contributed by atoms with Gasteiger partial charge in [0.15, 0.2) is 0 Å². The van der Waals surface area contributed by atoms with Crippen LogP contribution >= 0.6 is 35.7 Å². The third-order valence-electron chi connectivity index (χ3n) is 6.03. The molecule has 3 aliphatic heterocycles. The standard InChI is InChI=1S/C22H26N4O5S3/c1-11(2)25-9-24(10-34-22(25)32)17(13-4-6-14(27)7-5-13)18(28)23-15-19(29)26-16(21(30)31)12(3)8-33-20(15)26/h4-7,11,15,17,20,27H,8-10H2,1-3H3,(H,23,28)(H,30,31)/t15-,17+,20-/m0/s1. The number of phenols is 1. The Hall–Kier alpha value is -2.28. The molecule has 2 fully saturated rings. The van der Waals surface area contributed by atoms with Crippen LogP contribution in [-0.4, -0.2) is 82.8 Å². The molecule has 2 amide bonds. The smallest absolute Gasteiger partial charge is 0.352 e. The summed E-state index contributed by atoms with van der Waals surface area (Å²) in [6, 6.07) is 5.06. The van der Waals surface area contributed by atoms with Gasteiger partial charge in [-0.05, 0) is 44.0 Å². The minimum absolute atomic E-state index is 0.00264. The van der Waals surface area contributed by atoms with Gasteiger partial charge in [-0.1, -0.05) is 36.1 Å². The van der Waals surface area contributed by atoms with Gasteiger partial charge in [0.2, 0.25) is 5.91 Å². The van der Waals surface area contributed by atoms with Crippen LogP contribution in [0.25, 0.3) is 0 Å². The molecule has 9 nitrogen and oxygen atoms in total. The lowest BCUT2D eigenvalue weighted by Crippen LogP contribution is -2.71. The summed E-state index contributed by atoms with van der Waals surface area (Å²) < 4.78 is 0.767. The van der Waals surface area contributed by atoms with Gasteiger partial charge in [-0.15, -0.1) is 11.8 Å². The summed E-state index contributed by atoms with van der Waals surface area (Å²) >= 11 is 8.39. The van der Waals surface area contributed by atoms with Crippen LogP contribution in [0.15, 0.2) is 35.5 Å². The van der Waals surface area contributed by atoms with E-state index >= 15 is 0 Å². The molecule has 1 aromatic rings. The van der Waals surface area contributed by atoms with E-state index in [1.807, 2.05) is 23.6 Å². The summed E-state index contributed by atoms with van der Waals surface area (Å²) in [5.41, 5.74) is 1.31. The van der Waals surface area contributed by atoms with Gasteiger partial charge in [0.25, 0.3) is 5.91 Å². The number of carboxylic acids is 1. The molecule has 0 bridgehead atoms. The number of aliphatic carboxylic acids is 1. The maximum atomic E-state index is 13.6. The predicted octanol–water partition coefficient (Wildman–Crippen LogP) is 2.15. The fourth-order valence-corrected chi connectivity index (χ4v) is 6.90. The Kier molecular flexibility index (Phi) is 7.13. The van der Waals surface area contributed by atoms with E-state index in [2.05, 4.69) is 5.32 Å². The van der Waals surface area contributed by atoms with Gasteiger partial charge in [0.05, 0.1) is 12.5 Å². The van der Waals surface area contributed by atoms with Crippen LogP contribution in [0.3, 0.4) is 0 Å². The number of nitrogens with zero attached hydrogens (tertiary/aromatic N) is 3. The van der Waals surface area contributed by atoms with E-state index in [1.54, 1.807) is 19.1 Å². The van der Waals surface area contributed by atoms with Crippen molar-refractivity contribution >= 4 is 57.8 Å². The van der Waals surface area contributed by atoms with Crippen LogP contribution in [0, 0.1) is 0 Å². The van der Waals surface area contributed by atoms with Gasteiger partial charge < -0.3 is 20.4 Å². The van der Waals surface area contributed by atoms with E-state index in [4.69, 9.17) is 12.2 Å². The summed E-state index contributed by atoms with van der Waals surface area (Å²) in [5.74, 6) is -0.859. The number of β-lactam (4-membered cyclic amide) rings is 1. The molecule has 3 aliphatic rings. The van der Waals surface area contributed by atoms with Crippen molar-refractivity contribution in [2.45, 2.75) is 44.3 Å². The Morgan fingerprint density at radius 1 is 1.24 bits per heavy atom. The molecule has 0 unspecified atom stereocenters. The van der Waals surface area contributed by atoms with Gasteiger partial charge in [0.1, 0.15) is 33.2 Å². The highest BCUT2D eigenvalue weighted by Crippen LogP contribution is 2.40. The Morgan fingerprint density at radius 3 is 2.53 bits per heavy atom. The zero-order valence-electron chi connectivity index (χ0n) is 18.9. The van der Waals surface area contributed by atoms with Crippen molar-refractivity contribution in [3.05, 3.63) is 41.1 Å². The number of hydrogen-bond acceptors (Lipinski definition) is 8. The van der Waals surface area contributed by atoms with Crippen LogP contribution < -0.4 is 5.32 Å². The third-order valence-corrected chi connectivity index (χ3v) is 8.98. The zero-order valence-corrected chi connectivity index (χ0v) is 21.4. The highest BCUT2D eigenvalue weighted by Gasteiger charge is 2.54. The van der Waals surface area contributed by atoms with E-state index in [0.29, 0.717) is 29.4 Å². The summed E-state index contributed by atoms with van der Waals surface area (Å²) in [4.78, 5) is 43.4. The highest BCUT2D eigenvalue weighted by molar-refractivity contribution is 8.22. The Balaban J connectivity index is 1.57. The van der Waals surface area contributed by atoms with E-state index in [-0.39, 0.29) is 23.4 Å². The van der Waals surface area contributed by atoms with Crippen molar-refractivity contribution < 1.29 is 24.6 Å². The summed E-state index contributed by atoms with van der Waals surface area (Å²) in [7, 11) is 0. The van der Waals surface area contributed by atoms with Crippen LogP contribution in [-0.2, 0) is 14.4 Å². The molecule has 3 atom stereocenters. The number of thioether (sulfide) groups is 2. The van der Waals surface area contributed by atoms with Crippen LogP contribution in [0.1, 0.15) is 32.4 Å². The largest absolute Gasteiger partial charge is 0.508 e. The second-order valence-electron chi connectivity index (χ2n) is 8.66. The van der Waals surface area contributed by atoms with Gasteiger partial charge in [-0.3, -0.25) is 19.4 Å². The molecule has 34 heavy (non-hydrogen) atoms. The Bertz CT molecular complexity index is 1060. The molecule has 2 saturated heterocycles. The second kappa shape index (κ2) is 9.76. The van der Waals surface area contributed by atoms with Crippen molar-refractivity contribution in [2.24, 2.45) is 0 Å². The zero-order chi connectivity index (χ0) is 24.7. The Morgan fingerprint density at radius 2 is 1.91 bits per heavy atom. The first-order chi connectivity index (χ1) is 16.1. The molecule has 3 N–H and O–H groups in total. The van der Waals surface area contributed by atoms with E-state index in [0.717, 1.165) is 4.32 Å². The number of benzene rings is 1. The highest BCUT2D eigenvalue weighted by atomic mass is 32.2. The van der Waals surface area contributed by atoms with Crippen molar-refractivity contribution in [1.29, 1.82) is 0 Å². The van der Waals surface area contributed by atoms with Crippen LogP contribution in [0.4, 0.5) is 0 Å². The number of hydrogen-bond donors (Lipinski definition) is 3. The lowest BCUT2D eigenvalue weighted by molar-refractivity contribution is -0.151. The number of rotatable bonds is 6. The Labute approximate surface area is 211 Å². The normalized spacial score (nSPS) is 24.1. The SMILES string of the molecule is CC1=C(C(=O)O)N2C(=O)[C@H](NC(=O)[C@@H](c3ccc(O)cc3)N3CSC(=S)N(C(C)C)C3)[C@@H]2SC1. The average molecular weight is 523 g/mol. The first kappa shape index (κ1) is 24.8. The quantitative estimate of drug-likeness (QED) is 0.379. The maximum absolute atomic E-state index is 13.6. The first-order valence-electron chi connectivity index (χ1n) is 10.7. The van der Waals surface area contributed by atoms with E-state index in [1.165, 1.54) is 40.6 Å². The van der Waals surface area contributed by atoms with Crippen molar-refractivity contribution in [3.8, 4) is 5.75 Å². The van der Waals surface area contributed by atoms with Crippen LogP contribution in [0.5, 0.6) is 5.75 Å². The van der Waals surface area contributed by atoms with E-state index < -0.39 is 29.3 Å². The van der Waals surface area contributed by atoms with Gasteiger partial charge >= 0.3 is 5.97 Å². The minimum atomic E-state index is -1.14. The summed E-state index contributed by atoms with van der Waals surface area (Å²) in [6.45, 7) is 6.20. The number of amides is 2. The lowest BCUT2D eigenvalue weighted by atomic mass is 10.0. The monoisotopic (exact) mass is 522 g/mol. The molecular weight excluding hydrogens is 496 g/mol. The first-order valence-corrected chi connectivity index (χ1v) is 13.2. The number of carboxylic acid groups (broad SMARTS) is 1. The summed E-state index contributed by atoms with van der Waals surface area (Å²) in [6.07, 6.45) is 0. The predicted molar refractivity (Wildman–Crippen MR) is 135 cm³/mol. The van der Waals surface area contributed by atoms with Gasteiger partial charge in [-0.2, -0.15) is 0 Å². The number of nitrogens with one attached hydrogen (secondary N) is 1. The number of fused-ring (bicyclic) bond motifs is 1. The molecule has 0 aliphatic carbocycles. The topological polar surface area (TPSA) is 113 Å². The van der Waals surface area contributed by atoms with Gasteiger partial charge in [-0.25, -0.2) is 4.79 Å². The molecule has 0 spiro atoms. The number of carbonyl (C=O) groups excluding carboxylic acids is 2. The maximum Gasteiger partial charge on any atom is 0.352 e. The number of thiocarbonyl (C=S) groups is 1. The van der Waals surface area contributed by atoms with Crippen molar-refractivity contribution in [3.63, 3.8) is 0 Å². The van der Waals surface area contributed by atoms with E-state index in [9.17, 15) is 24.6 Å². The van der Waals surface area contributed by atoms with Crippen LogP contribution in [0.2, 0.25) is 0 Å². The summed E-state index contributed by atoms with van der Waals surface area (Å²) in [5, 5.41) is 21.7. The number of phenolic OH excluding ortho intramolecular Hbond substituents is 1. The molecule has 182 valence electrons. The molecule has 0 saturated carbocycles. The molecule has 0 aromatic heterocycles. The number of aromatic hydroxyl groups is 1. The average Bonchev–Trinajstić information content (AvgIpc) is 2.79. The third kappa shape index (κ3) is 4.51. The molecule has 4 rings (SSSR count). The molecule has 3 heterocycles. The molecule has 12 heteroatoms. The van der Waals surface area contributed by atoms with Crippen molar-refractivity contribution in [1.82, 2.24) is 20.0 Å². The lowest BCUT2D eigenvalue weighted by Gasteiger charge is -2.50. The van der Waals surface area contributed by atoms with Gasteiger partial charge in [0, 0.05) is 11.8 Å². The second-order valence-corrected chi connectivity index (χ2v) is 11.3. The fourth-order valence-electron chi connectivity index (χ4n) is 4.24. The fraction of sp³-hybridized carbons (Fsp3) is 0.455. The molecular formula is C22H26N4O5S3. The van der Waals surface area contributed by atoms with Crippen molar-refractivity contribution in [2.75, 3.05) is 18.3 Å². The minimum Gasteiger partial charge on any atom is -0.508 e. The molecule has 1 aromatic carbocycles. The molecule has 0 radical (unpaired) electrons. The number of carbonyl (C=O) groups is 3.